The molecule has 0 radical (unpaired) electrons. The van der Waals surface area contributed by atoms with Crippen molar-refractivity contribution in [3.63, 3.8) is 0 Å². The third-order valence-corrected chi connectivity index (χ3v) is 3.73. The highest BCUT2D eigenvalue weighted by Crippen LogP contribution is 2.45. The van der Waals surface area contributed by atoms with Crippen LogP contribution < -0.4 is 11.1 Å². The second-order valence-electron chi connectivity index (χ2n) is 5.61. The van der Waals surface area contributed by atoms with Crippen LogP contribution in [0.5, 0.6) is 0 Å². The lowest BCUT2D eigenvalue weighted by Gasteiger charge is -2.42. The molecule has 0 aromatic rings. The van der Waals surface area contributed by atoms with Gasteiger partial charge in [0.2, 0.25) is 0 Å². The Morgan fingerprint density at radius 1 is 1.60 bits per heavy atom. The average Bonchev–Trinajstić information content (AvgIpc) is 2.47. The van der Waals surface area contributed by atoms with Gasteiger partial charge in [0.15, 0.2) is 0 Å². The minimum absolute atomic E-state index is 0.0602. The summed E-state index contributed by atoms with van der Waals surface area (Å²) < 4.78 is 0. The Morgan fingerprint density at radius 3 is 2.53 bits per heavy atom. The standard InChI is InChI=1S/C11H22N2O2/c1-10(2,3)11(13-9(14)15)5-4-8(6-11)7-12/h8,13H,4-7,12H2,1-3H3,(H,14,15)/t8-,11+/m1/s1. The van der Waals surface area contributed by atoms with Gasteiger partial charge in [0.05, 0.1) is 0 Å². The molecule has 1 amide bonds. The first kappa shape index (κ1) is 12.3. The van der Waals surface area contributed by atoms with Gasteiger partial charge in [0.1, 0.15) is 0 Å². The van der Waals surface area contributed by atoms with Gasteiger partial charge in [-0.2, -0.15) is 0 Å². The molecule has 4 N–H and O–H groups in total. The number of carboxylic acid groups (broad SMARTS) is 1. The first-order valence-corrected chi connectivity index (χ1v) is 5.52. The van der Waals surface area contributed by atoms with Crippen LogP contribution in [0.25, 0.3) is 0 Å². The minimum atomic E-state index is -0.928. The van der Waals surface area contributed by atoms with Crippen molar-refractivity contribution < 1.29 is 9.90 Å². The molecular formula is C11H22N2O2. The fourth-order valence-electron chi connectivity index (χ4n) is 2.54. The lowest BCUT2D eigenvalue weighted by Crippen LogP contribution is -2.55. The van der Waals surface area contributed by atoms with Gasteiger partial charge in [-0.3, -0.25) is 0 Å². The Balaban J connectivity index is 2.85. The number of hydrogen-bond donors (Lipinski definition) is 3. The zero-order chi connectivity index (χ0) is 11.7. The van der Waals surface area contributed by atoms with E-state index in [0.717, 1.165) is 19.3 Å². The maximum absolute atomic E-state index is 10.9. The molecule has 1 saturated carbocycles. The minimum Gasteiger partial charge on any atom is -0.465 e. The largest absolute Gasteiger partial charge is 0.465 e. The maximum Gasteiger partial charge on any atom is 0.405 e. The molecule has 15 heavy (non-hydrogen) atoms. The van der Waals surface area contributed by atoms with Crippen LogP contribution in [0.1, 0.15) is 40.0 Å². The molecular weight excluding hydrogens is 192 g/mol. The van der Waals surface area contributed by atoms with Gasteiger partial charge in [-0.25, -0.2) is 4.79 Å². The third-order valence-electron chi connectivity index (χ3n) is 3.73. The SMILES string of the molecule is CC(C)(C)[C@]1(NC(=O)O)CC[C@@H](CN)C1. The summed E-state index contributed by atoms with van der Waals surface area (Å²) in [5.74, 6) is 0.455. The Hall–Kier alpha value is -0.770. The quantitative estimate of drug-likeness (QED) is 0.656. The summed E-state index contributed by atoms with van der Waals surface area (Å²) in [6.07, 6.45) is 1.85. The van der Waals surface area contributed by atoms with Crippen LogP contribution >= 0.6 is 0 Å². The van der Waals surface area contributed by atoms with Crippen LogP contribution in [0, 0.1) is 11.3 Å². The molecule has 1 aliphatic rings. The molecule has 4 nitrogen and oxygen atoms in total. The lowest BCUT2D eigenvalue weighted by molar-refractivity contribution is 0.119. The first-order chi connectivity index (χ1) is 6.81. The smallest absolute Gasteiger partial charge is 0.405 e. The Kier molecular flexibility index (Phi) is 3.28. The van der Waals surface area contributed by atoms with E-state index < -0.39 is 6.09 Å². The highest BCUT2D eigenvalue weighted by atomic mass is 16.4. The maximum atomic E-state index is 10.9. The summed E-state index contributed by atoms with van der Waals surface area (Å²) in [5, 5.41) is 11.6. The molecule has 1 aliphatic carbocycles. The lowest BCUT2D eigenvalue weighted by atomic mass is 9.72. The Morgan fingerprint density at radius 2 is 2.20 bits per heavy atom. The Bertz CT molecular complexity index is 247. The second kappa shape index (κ2) is 4.00. The topological polar surface area (TPSA) is 75.3 Å². The van der Waals surface area contributed by atoms with Crippen LogP contribution in [0.3, 0.4) is 0 Å². The molecule has 4 heteroatoms. The molecule has 0 saturated heterocycles. The summed E-state index contributed by atoms with van der Waals surface area (Å²) >= 11 is 0. The first-order valence-electron chi connectivity index (χ1n) is 5.52. The molecule has 88 valence electrons. The van der Waals surface area contributed by atoms with Crippen molar-refractivity contribution in [3.8, 4) is 0 Å². The van der Waals surface area contributed by atoms with Crippen molar-refractivity contribution in [2.45, 2.75) is 45.6 Å². The molecule has 0 bridgehead atoms. The van der Waals surface area contributed by atoms with Crippen LogP contribution in [0.4, 0.5) is 4.79 Å². The van der Waals surface area contributed by atoms with Gasteiger partial charge < -0.3 is 16.2 Å². The van der Waals surface area contributed by atoms with Crippen LogP contribution in [0.2, 0.25) is 0 Å². The number of carbonyl (C=O) groups is 1. The highest BCUT2D eigenvalue weighted by molar-refractivity contribution is 5.66. The van der Waals surface area contributed by atoms with Crippen molar-refractivity contribution in [2.24, 2.45) is 17.1 Å². The second-order valence-corrected chi connectivity index (χ2v) is 5.61. The molecule has 1 fully saturated rings. The van der Waals surface area contributed by atoms with Crippen LogP contribution in [-0.4, -0.2) is 23.3 Å². The fourth-order valence-corrected chi connectivity index (χ4v) is 2.54. The monoisotopic (exact) mass is 214 g/mol. The van der Waals surface area contributed by atoms with E-state index in [2.05, 4.69) is 26.1 Å². The van der Waals surface area contributed by atoms with E-state index in [-0.39, 0.29) is 11.0 Å². The summed E-state index contributed by atoms with van der Waals surface area (Å²) in [4.78, 5) is 10.9. The van der Waals surface area contributed by atoms with Crippen molar-refractivity contribution in [1.82, 2.24) is 5.32 Å². The summed E-state index contributed by atoms with van der Waals surface area (Å²) in [7, 11) is 0. The highest BCUT2D eigenvalue weighted by Gasteiger charge is 2.48. The molecule has 0 aliphatic heterocycles. The van der Waals surface area contributed by atoms with E-state index in [4.69, 9.17) is 10.8 Å². The van der Waals surface area contributed by atoms with Gasteiger partial charge in [-0.15, -0.1) is 0 Å². The predicted molar refractivity (Wildman–Crippen MR) is 59.7 cm³/mol. The van der Waals surface area contributed by atoms with Gasteiger partial charge in [0, 0.05) is 5.54 Å². The normalized spacial score (nSPS) is 31.6. The average molecular weight is 214 g/mol. The molecule has 2 atom stereocenters. The predicted octanol–water partition coefficient (Wildman–Crippen LogP) is 1.80. The van der Waals surface area contributed by atoms with Gasteiger partial charge in [-0.05, 0) is 37.1 Å². The molecule has 1 rings (SSSR count). The van der Waals surface area contributed by atoms with Gasteiger partial charge in [-0.1, -0.05) is 20.8 Å². The summed E-state index contributed by atoms with van der Waals surface area (Å²) in [6.45, 7) is 6.91. The number of nitrogens with two attached hydrogens (primary N) is 1. The molecule has 0 spiro atoms. The van der Waals surface area contributed by atoms with Crippen LogP contribution in [0.15, 0.2) is 0 Å². The summed E-state index contributed by atoms with van der Waals surface area (Å²) in [5.41, 5.74) is 5.29. The van der Waals surface area contributed by atoms with Crippen molar-refractivity contribution in [3.05, 3.63) is 0 Å². The van der Waals surface area contributed by atoms with E-state index in [0.29, 0.717) is 12.5 Å². The molecule has 0 aromatic carbocycles. The number of hydrogen-bond acceptors (Lipinski definition) is 2. The summed E-state index contributed by atoms with van der Waals surface area (Å²) in [6, 6.07) is 0. The molecule has 0 unspecified atom stereocenters. The third kappa shape index (κ3) is 2.43. The van der Waals surface area contributed by atoms with E-state index in [9.17, 15) is 4.79 Å². The van der Waals surface area contributed by atoms with E-state index in [1.54, 1.807) is 0 Å². The number of rotatable bonds is 2. The van der Waals surface area contributed by atoms with Crippen molar-refractivity contribution in [1.29, 1.82) is 0 Å². The zero-order valence-corrected chi connectivity index (χ0v) is 9.84. The van der Waals surface area contributed by atoms with Crippen molar-refractivity contribution >= 4 is 6.09 Å². The number of nitrogens with one attached hydrogen (secondary N) is 1. The number of amides is 1. The molecule has 0 aromatic heterocycles. The van der Waals surface area contributed by atoms with Gasteiger partial charge in [0.25, 0.3) is 0 Å². The van der Waals surface area contributed by atoms with Gasteiger partial charge >= 0.3 is 6.09 Å². The van der Waals surface area contributed by atoms with E-state index >= 15 is 0 Å². The zero-order valence-electron chi connectivity index (χ0n) is 9.84. The van der Waals surface area contributed by atoms with Crippen LogP contribution in [-0.2, 0) is 0 Å². The van der Waals surface area contributed by atoms with E-state index in [1.165, 1.54) is 0 Å². The molecule has 0 heterocycles. The van der Waals surface area contributed by atoms with E-state index in [1.807, 2.05) is 0 Å². The Labute approximate surface area is 91.2 Å². The van der Waals surface area contributed by atoms with Crippen molar-refractivity contribution in [2.75, 3.05) is 6.54 Å². The fraction of sp³-hybridized carbons (Fsp3) is 0.909.